The number of hydrogen-bond donors (Lipinski definition) is 0. The quantitative estimate of drug-likeness (QED) is 0.826. The van der Waals surface area contributed by atoms with Crippen molar-refractivity contribution in [2.24, 2.45) is 0 Å². The van der Waals surface area contributed by atoms with Crippen LogP contribution in [-0.4, -0.2) is 32.1 Å². The van der Waals surface area contributed by atoms with Crippen molar-refractivity contribution in [3.63, 3.8) is 0 Å². The Balaban J connectivity index is 2.51. The predicted molar refractivity (Wildman–Crippen MR) is 58.1 cm³/mol. The minimum Gasteiger partial charge on any atom is -0.489 e. The zero-order valence-corrected chi connectivity index (χ0v) is 9.84. The number of ether oxygens (including phenoxy) is 1. The smallest absolute Gasteiger partial charge is 0.166 e. The molecule has 1 rings (SSSR count). The van der Waals surface area contributed by atoms with E-state index in [9.17, 15) is 4.39 Å². The van der Waals surface area contributed by atoms with Gasteiger partial charge in [0, 0.05) is 11.0 Å². The molecule has 0 aliphatic heterocycles. The standard InChI is InChI=1S/C10H13BrFNO/c1-13(2)5-6-14-10-4-3-8(11)7-9(10)12/h3-4,7H,5-6H2,1-2H3. The van der Waals surface area contributed by atoms with Gasteiger partial charge < -0.3 is 9.64 Å². The SMILES string of the molecule is CN(C)CCOc1ccc(Br)cc1F. The van der Waals surface area contributed by atoms with Crippen molar-refractivity contribution >= 4 is 15.9 Å². The molecule has 0 unspecified atom stereocenters. The number of hydrogen-bond acceptors (Lipinski definition) is 2. The summed E-state index contributed by atoms with van der Waals surface area (Å²) < 4.78 is 19.2. The zero-order chi connectivity index (χ0) is 10.6. The molecule has 4 heteroatoms. The van der Waals surface area contributed by atoms with Crippen LogP contribution in [0, 0.1) is 5.82 Å². The highest BCUT2D eigenvalue weighted by molar-refractivity contribution is 9.10. The van der Waals surface area contributed by atoms with Gasteiger partial charge in [0.1, 0.15) is 6.61 Å². The van der Waals surface area contributed by atoms with Gasteiger partial charge in [0.05, 0.1) is 0 Å². The van der Waals surface area contributed by atoms with E-state index in [1.807, 2.05) is 19.0 Å². The van der Waals surface area contributed by atoms with Gasteiger partial charge in [-0.15, -0.1) is 0 Å². The van der Waals surface area contributed by atoms with E-state index in [-0.39, 0.29) is 5.82 Å². The van der Waals surface area contributed by atoms with E-state index in [2.05, 4.69) is 15.9 Å². The van der Waals surface area contributed by atoms with E-state index in [0.29, 0.717) is 12.4 Å². The summed E-state index contributed by atoms with van der Waals surface area (Å²) in [5, 5.41) is 0. The number of halogens is 2. The van der Waals surface area contributed by atoms with E-state index in [1.54, 1.807) is 12.1 Å². The van der Waals surface area contributed by atoms with Gasteiger partial charge in [-0.05, 0) is 32.3 Å². The first-order valence-electron chi connectivity index (χ1n) is 4.32. The maximum atomic E-state index is 13.2. The van der Waals surface area contributed by atoms with Crippen LogP contribution in [0.25, 0.3) is 0 Å². The van der Waals surface area contributed by atoms with Crippen LogP contribution in [0.1, 0.15) is 0 Å². The molecule has 0 atom stereocenters. The lowest BCUT2D eigenvalue weighted by Crippen LogP contribution is -2.19. The molecule has 0 radical (unpaired) electrons. The molecule has 0 aromatic heterocycles. The van der Waals surface area contributed by atoms with E-state index < -0.39 is 0 Å². The largest absolute Gasteiger partial charge is 0.489 e. The van der Waals surface area contributed by atoms with E-state index in [0.717, 1.165) is 11.0 Å². The lowest BCUT2D eigenvalue weighted by atomic mass is 10.3. The van der Waals surface area contributed by atoms with Gasteiger partial charge in [-0.25, -0.2) is 4.39 Å². The Labute approximate surface area is 91.8 Å². The van der Waals surface area contributed by atoms with Crippen molar-refractivity contribution in [2.45, 2.75) is 0 Å². The van der Waals surface area contributed by atoms with E-state index in [1.165, 1.54) is 6.07 Å². The third-order valence-corrected chi connectivity index (χ3v) is 2.18. The molecule has 0 N–H and O–H groups in total. The van der Waals surface area contributed by atoms with Gasteiger partial charge in [0.2, 0.25) is 0 Å². The van der Waals surface area contributed by atoms with Crippen LogP contribution in [0.3, 0.4) is 0 Å². The Morgan fingerprint density at radius 1 is 1.43 bits per heavy atom. The molecular weight excluding hydrogens is 249 g/mol. The van der Waals surface area contributed by atoms with Crippen LogP contribution in [0.15, 0.2) is 22.7 Å². The first-order valence-corrected chi connectivity index (χ1v) is 5.11. The molecule has 1 aromatic carbocycles. The fourth-order valence-electron chi connectivity index (χ4n) is 0.930. The van der Waals surface area contributed by atoms with Gasteiger partial charge in [-0.2, -0.15) is 0 Å². The third-order valence-electron chi connectivity index (χ3n) is 1.69. The lowest BCUT2D eigenvalue weighted by Gasteiger charge is -2.11. The Bertz CT molecular complexity index is 304. The third kappa shape index (κ3) is 3.64. The fraction of sp³-hybridized carbons (Fsp3) is 0.400. The molecule has 78 valence electrons. The van der Waals surface area contributed by atoms with Crippen molar-refractivity contribution in [3.05, 3.63) is 28.5 Å². The zero-order valence-electron chi connectivity index (χ0n) is 8.26. The first kappa shape index (κ1) is 11.5. The summed E-state index contributed by atoms with van der Waals surface area (Å²) in [7, 11) is 3.89. The van der Waals surface area contributed by atoms with Gasteiger partial charge >= 0.3 is 0 Å². The average molecular weight is 262 g/mol. The summed E-state index contributed by atoms with van der Waals surface area (Å²) in [5.74, 6) is -0.0341. The number of benzene rings is 1. The molecule has 0 bridgehead atoms. The van der Waals surface area contributed by atoms with Crippen molar-refractivity contribution in [2.75, 3.05) is 27.2 Å². The molecule has 1 aromatic rings. The Morgan fingerprint density at radius 2 is 2.14 bits per heavy atom. The molecule has 0 spiro atoms. The highest BCUT2D eigenvalue weighted by Gasteiger charge is 2.03. The summed E-state index contributed by atoms with van der Waals surface area (Å²) >= 11 is 3.18. The van der Waals surface area contributed by atoms with Crippen LogP contribution in [0.4, 0.5) is 4.39 Å². The van der Waals surface area contributed by atoms with Crippen LogP contribution < -0.4 is 4.74 Å². The fourth-order valence-corrected chi connectivity index (χ4v) is 1.26. The lowest BCUT2D eigenvalue weighted by molar-refractivity contribution is 0.252. The van der Waals surface area contributed by atoms with E-state index >= 15 is 0 Å². The molecule has 0 heterocycles. The van der Waals surface area contributed by atoms with Crippen molar-refractivity contribution < 1.29 is 9.13 Å². The van der Waals surface area contributed by atoms with Crippen molar-refractivity contribution in [1.82, 2.24) is 4.90 Å². The predicted octanol–water partition coefficient (Wildman–Crippen LogP) is 2.53. The molecule has 0 aliphatic rings. The van der Waals surface area contributed by atoms with Crippen LogP contribution in [0.2, 0.25) is 0 Å². The monoisotopic (exact) mass is 261 g/mol. The Hall–Kier alpha value is -0.610. The topological polar surface area (TPSA) is 12.5 Å². The van der Waals surface area contributed by atoms with Crippen LogP contribution in [-0.2, 0) is 0 Å². The van der Waals surface area contributed by atoms with Gasteiger partial charge in [-0.1, -0.05) is 15.9 Å². The summed E-state index contributed by atoms with van der Waals surface area (Å²) in [6.45, 7) is 1.26. The minimum atomic E-state index is -0.335. The van der Waals surface area contributed by atoms with Gasteiger partial charge in [0.25, 0.3) is 0 Å². The number of likely N-dealkylation sites (N-methyl/N-ethyl adjacent to an activating group) is 1. The maximum Gasteiger partial charge on any atom is 0.166 e. The summed E-state index contributed by atoms with van der Waals surface area (Å²) in [4.78, 5) is 1.98. The average Bonchev–Trinajstić information content (AvgIpc) is 2.08. The highest BCUT2D eigenvalue weighted by atomic mass is 79.9. The Kier molecular flexibility index (Phi) is 4.35. The summed E-state index contributed by atoms with van der Waals surface area (Å²) in [5.41, 5.74) is 0. The highest BCUT2D eigenvalue weighted by Crippen LogP contribution is 2.21. The number of nitrogens with zero attached hydrogens (tertiary/aromatic N) is 1. The van der Waals surface area contributed by atoms with Crippen molar-refractivity contribution in [1.29, 1.82) is 0 Å². The molecule has 0 saturated carbocycles. The van der Waals surface area contributed by atoms with Crippen LogP contribution >= 0.6 is 15.9 Å². The molecule has 14 heavy (non-hydrogen) atoms. The van der Waals surface area contributed by atoms with Gasteiger partial charge in [-0.3, -0.25) is 0 Å². The Morgan fingerprint density at radius 3 is 2.71 bits per heavy atom. The van der Waals surface area contributed by atoms with Crippen molar-refractivity contribution in [3.8, 4) is 5.75 Å². The number of rotatable bonds is 4. The normalized spacial score (nSPS) is 10.6. The molecule has 0 aliphatic carbocycles. The first-order chi connectivity index (χ1) is 6.59. The maximum absolute atomic E-state index is 13.2. The minimum absolute atomic E-state index is 0.301. The summed E-state index contributed by atoms with van der Waals surface area (Å²) in [6, 6.07) is 4.77. The second-order valence-corrected chi connectivity index (χ2v) is 4.14. The molecule has 0 saturated heterocycles. The van der Waals surface area contributed by atoms with E-state index in [4.69, 9.17) is 4.74 Å². The molecular formula is C10H13BrFNO. The molecule has 2 nitrogen and oxygen atoms in total. The van der Waals surface area contributed by atoms with Gasteiger partial charge in [0.15, 0.2) is 11.6 Å². The molecule has 0 amide bonds. The molecule has 0 fully saturated rings. The summed E-state index contributed by atoms with van der Waals surface area (Å²) in [6.07, 6.45) is 0. The van der Waals surface area contributed by atoms with Crippen LogP contribution in [0.5, 0.6) is 5.75 Å². The second-order valence-electron chi connectivity index (χ2n) is 3.23. The second kappa shape index (κ2) is 5.32.